The first kappa shape index (κ1) is 21.5. The van der Waals surface area contributed by atoms with Crippen molar-refractivity contribution >= 4 is 35.3 Å². The Kier molecular flexibility index (Phi) is 6.33. The number of pyridine rings is 1. The molecule has 164 valence electrons. The Morgan fingerprint density at radius 2 is 1.94 bits per heavy atom. The highest BCUT2D eigenvalue weighted by atomic mass is 35.5. The molecular formula is C21H27ClN8O. The van der Waals surface area contributed by atoms with Crippen LogP contribution in [0.1, 0.15) is 47.9 Å². The quantitative estimate of drug-likeness (QED) is 0.555. The molecule has 9 nitrogen and oxygen atoms in total. The van der Waals surface area contributed by atoms with Crippen LogP contribution >= 0.6 is 12.4 Å². The largest absolute Gasteiger partial charge is 0.365 e. The van der Waals surface area contributed by atoms with Crippen molar-refractivity contribution < 1.29 is 4.79 Å². The van der Waals surface area contributed by atoms with Crippen LogP contribution in [0.5, 0.6) is 0 Å². The van der Waals surface area contributed by atoms with E-state index in [2.05, 4.69) is 40.5 Å². The molecule has 2 fully saturated rings. The molecule has 1 aliphatic carbocycles. The molecule has 0 aromatic carbocycles. The summed E-state index contributed by atoms with van der Waals surface area (Å²) >= 11 is 0. The first-order chi connectivity index (χ1) is 14.7. The summed E-state index contributed by atoms with van der Waals surface area (Å²) in [5.41, 5.74) is 2.96. The van der Waals surface area contributed by atoms with Gasteiger partial charge in [0, 0.05) is 23.8 Å². The summed E-state index contributed by atoms with van der Waals surface area (Å²) in [6.45, 7) is 3.93. The maximum Gasteiger partial charge on any atom is 0.270 e. The average Bonchev–Trinajstić information content (AvgIpc) is 3.16. The van der Waals surface area contributed by atoms with E-state index in [0.29, 0.717) is 11.7 Å². The number of anilines is 1. The highest BCUT2D eigenvalue weighted by Crippen LogP contribution is 2.35. The average molecular weight is 443 g/mol. The third kappa shape index (κ3) is 4.47. The normalized spacial score (nSPS) is 21.2. The number of piperidine rings is 1. The Morgan fingerprint density at radius 3 is 2.71 bits per heavy atom. The number of aromatic nitrogens is 5. The van der Waals surface area contributed by atoms with Crippen molar-refractivity contribution in [3.05, 3.63) is 42.2 Å². The van der Waals surface area contributed by atoms with Crippen molar-refractivity contribution in [1.82, 2.24) is 35.1 Å². The van der Waals surface area contributed by atoms with Gasteiger partial charge in [0.1, 0.15) is 17.5 Å². The molecule has 0 spiro atoms. The number of hydrogen-bond donors (Lipinski definition) is 3. The number of halogens is 1. The van der Waals surface area contributed by atoms with Crippen LogP contribution in [0.25, 0.3) is 11.2 Å². The second-order valence-corrected chi connectivity index (χ2v) is 8.17. The second-order valence-electron chi connectivity index (χ2n) is 8.17. The first-order valence-corrected chi connectivity index (χ1v) is 10.6. The highest BCUT2D eigenvalue weighted by molar-refractivity contribution is 5.92. The number of imidazole rings is 1. The van der Waals surface area contributed by atoms with Gasteiger partial charge in [0.25, 0.3) is 5.91 Å². The summed E-state index contributed by atoms with van der Waals surface area (Å²) in [6, 6.07) is 6.30. The number of rotatable bonds is 5. The molecule has 3 aromatic rings. The minimum Gasteiger partial charge on any atom is -0.365 e. The molecule has 0 unspecified atom stereocenters. The van der Waals surface area contributed by atoms with Gasteiger partial charge < -0.3 is 20.5 Å². The smallest absolute Gasteiger partial charge is 0.270 e. The third-order valence-corrected chi connectivity index (χ3v) is 6.00. The SMILES string of the molecule is Cc1cccc(C(=O)NC2CC(n3cnc4c(NC5CCNCC5)ncnc43)C2)n1.Cl. The lowest BCUT2D eigenvalue weighted by molar-refractivity contribution is 0.0889. The van der Waals surface area contributed by atoms with Gasteiger partial charge in [0.15, 0.2) is 11.5 Å². The lowest BCUT2D eigenvalue weighted by Crippen LogP contribution is -2.45. The van der Waals surface area contributed by atoms with Crippen molar-refractivity contribution in [2.75, 3.05) is 18.4 Å². The Balaban J connectivity index is 0.00000231. The Labute approximate surface area is 186 Å². The van der Waals surface area contributed by atoms with Gasteiger partial charge in [0.2, 0.25) is 0 Å². The molecule has 0 atom stereocenters. The number of aryl methyl sites for hydroxylation is 1. The number of carbonyl (C=O) groups is 1. The summed E-state index contributed by atoms with van der Waals surface area (Å²) in [5.74, 6) is 0.689. The molecule has 0 radical (unpaired) electrons. The van der Waals surface area contributed by atoms with E-state index in [1.54, 1.807) is 12.4 Å². The number of fused-ring (bicyclic) bond motifs is 1. The van der Waals surface area contributed by atoms with Gasteiger partial charge in [-0.05, 0) is 57.8 Å². The van der Waals surface area contributed by atoms with Gasteiger partial charge in [-0.1, -0.05) is 6.07 Å². The molecular weight excluding hydrogens is 416 g/mol. The van der Waals surface area contributed by atoms with E-state index in [1.165, 1.54) is 0 Å². The fraction of sp³-hybridized carbons (Fsp3) is 0.476. The van der Waals surface area contributed by atoms with Gasteiger partial charge in [0.05, 0.1) is 6.33 Å². The molecule has 3 N–H and O–H groups in total. The van der Waals surface area contributed by atoms with E-state index < -0.39 is 0 Å². The zero-order chi connectivity index (χ0) is 20.5. The van der Waals surface area contributed by atoms with Crippen LogP contribution in [0.4, 0.5) is 5.82 Å². The van der Waals surface area contributed by atoms with Crippen molar-refractivity contribution in [3.8, 4) is 0 Å². The lowest BCUT2D eigenvalue weighted by Gasteiger charge is -2.36. The molecule has 1 amide bonds. The highest BCUT2D eigenvalue weighted by Gasteiger charge is 2.33. The number of hydrogen-bond acceptors (Lipinski definition) is 7. The molecule has 5 rings (SSSR count). The van der Waals surface area contributed by atoms with Gasteiger partial charge in [-0.15, -0.1) is 12.4 Å². The molecule has 3 aromatic heterocycles. The van der Waals surface area contributed by atoms with E-state index in [0.717, 1.165) is 61.4 Å². The number of carbonyl (C=O) groups excluding carboxylic acids is 1. The van der Waals surface area contributed by atoms with Crippen LogP contribution in [-0.4, -0.2) is 55.6 Å². The zero-order valence-electron chi connectivity index (χ0n) is 17.4. The van der Waals surface area contributed by atoms with Crippen LogP contribution in [0, 0.1) is 6.92 Å². The van der Waals surface area contributed by atoms with Gasteiger partial charge in [-0.2, -0.15) is 0 Å². The molecule has 10 heteroatoms. The molecule has 4 heterocycles. The number of amides is 1. The van der Waals surface area contributed by atoms with E-state index in [9.17, 15) is 4.79 Å². The van der Waals surface area contributed by atoms with Gasteiger partial charge in [-0.25, -0.2) is 19.9 Å². The predicted octanol–water partition coefficient (Wildman–Crippen LogP) is 2.25. The second kappa shape index (κ2) is 9.15. The van der Waals surface area contributed by atoms with E-state index in [-0.39, 0.29) is 30.4 Å². The topological polar surface area (TPSA) is 110 Å². The Hall–Kier alpha value is -2.78. The van der Waals surface area contributed by atoms with Crippen LogP contribution in [0.3, 0.4) is 0 Å². The molecule has 1 aliphatic heterocycles. The number of nitrogens with zero attached hydrogens (tertiary/aromatic N) is 5. The fourth-order valence-electron chi connectivity index (χ4n) is 4.25. The molecule has 0 bridgehead atoms. The lowest BCUT2D eigenvalue weighted by atomic mass is 9.86. The first-order valence-electron chi connectivity index (χ1n) is 10.6. The molecule has 2 aliphatic rings. The van der Waals surface area contributed by atoms with Crippen molar-refractivity contribution in [2.24, 2.45) is 0 Å². The fourth-order valence-corrected chi connectivity index (χ4v) is 4.25. The Morgan fingerprint density at radius 1 is 1.13 bits per heavy atom. The summed E-state index contributed by atoms with van der Waals surface area (Å²) in [5, 5.41) is 9.99. The van der Waals surface area contributed by atoms with E-state index in [4.69, 9.17) is 0 Å². The third-order valence-electron chi connectivity index (χ3n) is 6.00. The predicted molar refractivity (Wildman–Crippen MR) is 121 cm³/mol. The summed E-state index contributed by atoms with van der Waals surface area (Å²) in [4.78, 5) is 30.2. The van der Waals surface area contributed by atoms with Crippen molar-refractivity contribution in [1.29, 1.82) is 0 Å². The van der Waals surface area contributed by atoms with Gasteiger partial charge in [-0.3, -0.25) is 4.79 Å². The minimum atomic E-state index is -0.117. The maximum atomic E-state index is 12.4. The van der Waals surface area contributed by atoms with E-state index >= 15 is 0 Å². The minimum absolute atomic E-state index is 0. The van der Waals surface area contributed by atoms with Crippen LogP contribution in [0.2, 0.25) is 0 Å². The number of nitrogens with one attached hydrogen (secondary N) is 3. The van der Waals surface area contributed by atoms with E-state index in [1.807, 2.05) is 25.4 Å². The molecule has 1 saturated carbocycles. The summed E-state index contributed by atoms with van der Waals surface area (Å²) in [6.07, 6.45) is 7.30. The van der Waals surface area contributed by atoms with Crippen LogP contribution in [0.15, 0.2) is 30.9 Å². The monoisotopic (exact) mass is 442 g/mol. The Bertz CT molecular complexity index is 1060. The summed E-state index contributed by atoms with van der Waals surface area (Å²) < 4.78 is 2.11. The molecule has 31 heavy (non-hydrogen) atoms. The van der Waals surface area contributed by atoms with Crippen molar-refractivity contribution in [3.63, 3.8) is 0 Å². The summed E-state index contributed by atoms with van der Waals surface area (Å²) in [7, 11) is 0. The van der Waals surface area contributed by atoms with Crippen LogP contribution in [-0.2, 0) is 0 Å². The van der Waals surface area contributed by atoms with Gasteiger partial charge >= 0.3 is 0 Å². The molecule has 1 saturated heterocycles. The standard InChI is InChI=1S/C21H26N8O.ClH/c1-13-3-2-4-17(26-13)21(30)28-15-9-16(10-15)29-12-25-18-19(23-11-24-20(18)29)27-14-5-7-22-8-6-14;/h2-4,11-12,14-16,22H,5-10H2,1H3,(H,28,30)(H,23,24,27);1H. The zero-order valence-corrected chi connectivity index (χ0v) is 18.2. The van der Waals surface area contributed by atoms with Crippen LogP contribution < -0.4 is 16.0 Å². The van der Waals surface area contributed by atoms with Crippen molar-refractivity contribution in [2.45, 2.75) is 50.7 Å². The maximum absolute atomic E-state index is 12.4.